The molecule has 0 fully saturated rings. The summed E-state index contributed by atoms with van der Waals surface area (Å²) in [6, 6.07) is 5.44. The fraction of sp³-hybridized carbons (Fsp3) is 0.308. The molecule has 0 spiro atoms. The molecule has 4 nitrogen and oxygen atoms in total. The van der Waals surface area contributed by atoms with E-state index in [2.05, 4.69) is 10.3 Å². The molecule has 0 radical (unpaired) electrons. The van der Waals surface area contributed by atoms with Crippen LogP contribution in [0.2, 0.25) is 5.02 Å². The van der Waals surface area contributed by atoms with Crippen molar-refractivity contribution >= 4 is 28.4 Å². The second-order valence-corrected chi connectivity index (χ2v) is 4.88. The van der Waals surface area contributed by atoms with Gasteiger partial charge < -0.3 is 16.0 Å². The molecule has 18 heavy (non-hydrogen) atoms. The third kappa shape index (κ3) is 2.35. The molecule has 0 aliphatic carbocycles. The van der Waals surface area contributed by atoms with Gasteiger partial charge >= 0.3 is 0 Å². The molecule has 0 bridgehead atoms. The van der Waals surface area contributed by atoms with Crippen LogP contribution in [0.25, 0.3) is 10.9 Å². The van der Waals surface area contributed by atoms with E-state index in [1.54, 1.807) is 6.07 Å². The molecule has 2 rings (SSSR count). The predicted octanol–water partition coefficient (Wildman–Crippen LogP) is 2.21. The molecule has 5 heteroatoms. The molecule has 0 aliphatic rings. The number of nitrogens with one attached hydrogen (secondary N) is 2. The Bertz CT molecular complexity index is 589. The first-order valence-electron chi connectivity index (χ1n) is 5.81. The van der Waals surface area contributed by atoms with Crippen molar-refractivity contribution in [3.63, 3.8) is 0 Å². The summed E-state index contributed by atoms with van der Waals surface area (Å²) in [4.78, 5) is 15.3. The van der Waals surface area contributed by atoms with Crippen molar-refractivity contribution in [1.82, 2.24) is 10.3 Å². The van der Waals surface area contributed by atoms with Gasteiger partial charge in [-0.2, -0.15) is 0 Å². The van der Waals surface area contributed by atoms with Gasteiger partial charge in [-0.1, -0.05) is 23.7 Å². The summed E-state index contributed by atoms with van der Waals surface area (Å²) in [5.41, 5.74) is 7.86. The van der Waals surface area contributed by atoms with Crippen molar-refractivity contribution in [3.8, 4) is 0 Å². The lowest BCUT2D eigenvalue weighted by atomic mass is 10.1. The molecular weight excluding hydrogens is 250 g/mol. The Balaban J connectivity index is 2.41. The average Bonchev–Trinajstić information content (AvgIpc) is 2.64. The van der Waals surface area contributed by atoms with Gasteiger partial charge in [0, 0.05) is 23.7 Å². The van der Waals surface area contributed by atoms with Gasteiger partial charge in [0.1, 0.15) is 0 Å². The number of halogens is 1. The van der Waals surface area contributed by atoms with Crippen LogP contribution in [0.3, 0.4) is 0 Å². The molecule has 1 aromatic heterocycles. The molecule has 0 saturated carbocycles. The standard InChI is InChI=1S/C13H16ClN3O/c1-7(15)6-16-13(18)11-8(2)17-12-9(11)4-3-5-10(12)14/h3-5,7,17H,6,15H2,1-2H3,(H,16,18). The summed E-state index contributed by atoms with van der Waals surface area (Å²) >= 11 is 6.09. The van der Waals surface area contributed by atoms with Crippen molar-refractivity contribution < 1.29 is 4.79 Å². The lowest BCUT2D eigenvalue weighted by molar-refractivity contribution is 0.0953. The molecule has 96 valence electrons. The number of fused-ring (bicyclic) bond motifs is 1. The number of carbonyl (C=O) groups excluding carboxylic acids is 1. The topological polar surface area (TPSA) is 70.9 Å². The third-order valence-electron chi connectivity index (χ3n) is 2.78. The van der Waals surface area contributed by atoms with E-state index in [0.717, 1.165) is 16.6 Å². The first kappa shape index (κ1) is 12.9. The molecule has 0 saturated heterocycles. The Hall–Kier alpha value is -1.52. The largest absolute Gasteiger partial charge is 0.357 e. The highest BCUT2D eigenvalue weighted by Gasteiger charge is 2.17. The predicted molar refractivity (Wildman–Crippen MR) is 74.0 cm³/mol. The monoisotopic (exact) mass is 265 g/mol. The fourth-order valence-corrected chi connectivity index (χ4v) is 2.17. The van der Waals surface area contributed by atoms with E-state index < -0.39 is 0 Å². The van der Waals surface area contributed by atoms with Gasteiger partial charge in [-0.15, -0.1) is 0 Å². The van der Waals surface area contributed by atoms with Crippen LogP contribution in [-0.4, -0.2) is 23.5 Å². The Morgan fingerprint density at radius 3 is 2.94 bits per heavy atom. The number of para-hydroxylation sites is 1. The number of hydrogen-bond acceptors (Lipinski definition) is 2. The Morgan fingerprint density at radius 2 is 2.28 bits per heavy atom. The second-order valence-electron chi connectivity index (χ2n) is 4.47. The molecule has 4 N–H and O–H groups in total. The van der Waals surface area contributed by atoms with E-state index >= 15 is 0 Å². The number of aryl methyl sites for hydroxylation is 1. The SMILES string of the molecule is Cc1[nH]c2c(Cl)cccc2c1C(=O)NCC(C)N. The summed E-state index contributed by atoms with van der Waals surface area (Å²) in [5.74, 6) is -0.127. The zero-order valence-corrected chi connectivity index (χ0v) is 11.1. The van der Waals surface area contributed by atoms with Crippen molar-refractivity contribution in [2.75, 3.05) is 6.54 Å². The fourth-order valence-electron chi connectivity index (χ4n) is 1.95. The molecular formula is C13H16ClN3O. The first-order valence-corrected chi connectivity index (χ1v) is 6.19. The quantitative estimate of drug-likeness (QED) is 0.796. The van der Waals surface area contributed by atoms with Gasteiger partial charge in [0.15, 0.2) is 0 Å². The lowest BCUT2D eigenvalue weighted by Gasteiger charge is -2.07. The lowest BCUT2D eigenvalue weighted by Crippen LogP contribution is -2.35. The van der Waals surface area contributed by atoms with Gasteiger partial charge in [0.2, 0.25) is 0 Å². The number of benzene rings is 1. The maximum absolute atomic E-state index is 12.1. The molecule has 2 aromatic rings. The van der Waals surface area contributed by atoms with E-state index in [4.69, 9.17) is 17.3 Å². The highest BCUT2D eigenvalue weighted by atomic mass is 35.5. The third-order valence-corrected chi connectivity index (χ3v) is 3.10. The van der Waals surface area contributed by atoms with Gasteiger partial charge in [-0.3, -0.25) is 4.79 Å². The van der Waals surface area contributed by atoms with Crippen molar-refractivity contribution in [3.05, 3.63) is 34.5 Å². The number of aromatic amines is 1. The van der Waals surface area contributed by atoms with E-state index in [-0.39, 0.29) is 11.9 Å². The highest BCUT2D eigenvalue weighted by Crippen LogP contribution is 2.27. The van der Waals surface area contributed by atoms with Crippen LogP contribution >= 0.6 is 11.6 Å². The zero-order chi connectivity index (χ0) is 13.3. The minimum absolute atomic E-state index is 0.0666. The maximum atomic E-state index is 12.1. The molecule has 0 aliphatic heterocycles. The number of nitrogens with two attached hydrogens (primary N) is 1. The number of carbonyl (C=O) groups is 1. The van der Waals surface area contributed by atoms with Gasteiger partial charge in [0.25, 0.3) is 5.91 Å². The Labute approximate surface area is 111 Å². The minimum Gasteiger partial charge on any atom is -0.357 e. The normalized spacial score (nSPS) is 12.7. The average molecular weight is 266 g/mol. The van der Waals surface area contributed by atoms with Crippen LogP contribution in [0.15, 0.2) is 18.2 Å². The van der Waals surface area contributed by atoms with E-state index in [1.807, 2.05) is 26.0 Å². The Kier molecular flexibility index (Phi) is 3.59. The van der Waals surface area contributed by atoms with Crippen molar-refractivity contribution in [2.24, 2.45) is 5.73 Å². The number of amides is 1. The van der Waals surface area contributed by atoms with Crippen LogP contribution < -0.4 is 11.1 Å². The van der Waals surface area contributed by atoms with Gasteiger partial charge in [0.05, 0.1) is 16.1 Å². The number of H-pyrrole nitrogens is 1. The summed E-state index contributed by atoms with van der Waals surface area (Å²) in [7, 11) is 0. The maximum Gasteiger partial charge on any atom is 0.253 e. The molecule has 1 atom stereocenters. The summed E-state index contributed by atoms with van der Waals surface area (Å²) < 4.78 is 0. The molecule has 1 unspecified atom stereocenters. The minimum atomic E-state index is -0.127. The van der Waals surface area contributed by atoms with Crippen molar-refractivity contribution in [2.45, 2.75) is 19.9 Å². The van der Waals surface area contributed by atoms with Crippen LogP contribution in [0.1, 0.15) is 23.0 Å². The van der Waals surface area contributed by atoms with E-state index in [0.29, 0.717) is 17.1 Å². The molecule has 1 heterocycles. The first-order chi connectivity index (χ1) is 8.50. The van der Waals surface area contributed by atoms with E-state index in [1.165, 1.54) is 0 Å². The van der Waals surface area contributed by atoms with Crippen molar-refractivity contribution in [1.29, 1.82) is 0 Å². The highest BCUT2D eigenvalue weighted by molar-refractivity contribution is 6.35. The summed E-state index contributed by atoms with van der Waals surface area (Å²) in [6.45, 7) is 4.15. The smallest absolute Gasteiger partial charge is 0.253 e. The molecule has 1 aromatic carbocycles. The number of hydrogen-bond donors (Lipinski definition) is 3. The number of aromatic nitrogens is 1. The van der Waals surface area contributed by atoms with Gasteiger partial charge in [-0.05, 0) is 19.9 Å². The van der Waals surface area contributed by atoms with Crippen LogP contribution in [0.4, 0.5) is 0 Å². The Morgan fingerprint density at radius 1 is 1.56 bits per heavy atom. The van der Waals surface area contributed by atoms with Crippen LogP contribution in [0.5, 0.6) is 0 Å². The van der Waals surface area contributed by atoms with E-state index in [9.17, 15) is 4.79 Å². The van der Waals surface area contributed by atoms with Crippen LogP contribution in [0, 0.1) is 6.92 Å². The number of rotatable bonds is 3. The zero-order valence-electron chi connectivity index (χ0n) is 10.4. The summed E-state index contributed by atoms with van der Waals surface area (Å²) in [5, 5.41) is 4.26. The second kappa shape index (κ2) is 5.00. The van der Waals surface area contributed by atoms with Gasteiger partial charge in [-0.25, -0.2) is 0 Å². The molecule has 1 amide bonds. The summed E-state index contributed by atoms with van der Waals surface area (Å²) in [6.07, 6.45) is 0. The van der Waals surface area contributed by atoms with Crippen LogP contribution in [-0.2, 0) is 0 Å².